The maximum atomic E-state index is 11.7. The van der Waals surface area contributed by atoms with Crippen LogP contribution in [0.2, 0.25) is 0 Å². The van der Waals surface area contributed by atoms with Crippen molar-refractivity contribution in [1.29, 1.82) is 0 Å². The van der Waals surface area contributed by atoms with E-state index in [1.165, 1.54) is 24.9 Å². The van der Waals surface area contributed by atoms with Crippen molar-refractivity contribution >= 4 is 35.1 Å². The molecule has 1 aromatic carbocycles. The average molecular weight is 483 g/mol. The monoisotopic (exact) mass is 482 g/mol. The normalized spacial score (nSPS) is 15.8. The number of esters is 2. The highest BCUT2D eigenvalue weighted by Crippen LogP contribution is 2.26. The van der Waals surface area contributed by atoms with E-state index in [4.69, 9.17) is 32.7 Å². The molecule has 0 radical (unpaired) electrons. The lowest BCUT2D eigenvalue weighted by atomic mass is 9.87. The summed E-state index contributed by atoms with van der Waals surface area (Å²) in [6.45, 7) is 7.12. The van der Waals surface area contributed by atoms with Gasteiger partial charge in [-0.2, -0.15) is 0 Å². The third-order valence-corrected chi connectivity index (χ3v) is 5.90. The zero-order chi connectivity index (χ0) is 23.9. The van der Waals surface area contributed by atoms with Gasteiger partial charge in [-0.05, 0) is 43.1 Å². The maximum Gasteiger partial charge on any atom is 0.302 e. The second-order valence-corrected chi connectivity index (χ2v) is 8.98. The minimum Gasteiger partial charge on any atom is -0.462 e. The number of benzene rings is 1. The first-order chi connectivity index (χ1) is 15.2. The average Bonchev–Trinajstić information content (AvgIpc) is 2.74. The minimum atomic E-state index is -0.286. The number of hydrogen-bond acceptors (Lipinski definition) is 4. The summed E-state index contributed by atoms with van der Waals surface area (Å²) in [5.41, 5.74) is 5.26. The summed E-state index contributed by atoms with van der Waals surface area (Å²) in [4.78, 5) is 23.1. The van der Waals surface area contributed by atoms with Crippen molar-refractivity contribution in [3.8, 4) is 0 Å². The first kappa shape index (κ1) is 28.3. The van der Waals surface area contributed by atoms with Gasteiger partial charge in [0.2, 0.25) is 0 Å². The summed E-state index contributed by atoms with van der Waals surface area (Å²) >= 11 is 11.7. The van der Waals surface area contributed by atoms with Gasteiger partial charge in [-0.3, -0.25) is 9.59 Å². The molecule has 1 aromatic rings. The van der Waals surface area contributed by atoms with Gasteiger partial charge >= 0.3 is 11.9 Å². The van der Waals surface area contributed by atoms with Crippen molar-refractivity contribution in [2.24, 2.45) is 11.8 Å². The van der Waals surface area contributed by atoms with E-state index < -0.39 is 0 Å². The topological polar surface area (TPSA) is 52.6 Å². The van der Waals surface area contributed by atoms with Crippen molar-refractivity contribution < 1.29 is 19.1 Å². The maximum absolute atomic E-state index is 11.7. The summed E-state index contributed by atoms with van der Waals surface area (Å²) in [6, 6.07) is 10.1. The Bertz CT molecular complexity index is 745. The lowest BCUT2D eigenvalue weighted by molar-refractivity contribution is -0.149. The van der Waals surface area contributed by atoms with Crippen LogP contribution in [0.25, 0.3) is 0 Å². The highest BCUT2D eigenvalue weighted by atomic mass is 35.5. The van der Waals surface area contributed by atoms with E-state index in [1.807, 2.05) is 18.2 Å². The molecule has 4 nitrogen and oxygen atoms in total. The molecule has 0 unspecified atom stereocenters. The van der Waals surface area contributed by atoms with Crippen LogP contribution in [0.1, 0.15) is 65.4 Å². The van der Waals surface area contributed by atoms with E-state index in [9.17, 15) is 9.59 Å². The van der Waals surface area contributed by atoms with Gasteiger partial charge in [-0.15, -0.1) is 0 Å². The number of ether oxygens (including phenoxy) is 2. The summed E-state index contributed by atoms with van der Waals surface area (Å²) in [7, 11) is 0. The zero-order valence-corrected chi connectivity index (χ0v) is 21.1. The predicted molar refractivity (Wildman–Crippen MR) is 132 cm³/mol. The van der Waals surface area contributed by atoms with Crippen LogP contribution in [0.5, 0.6) is 0 Å². The minimum absolute atomic E-state index is 0.185. The fourth-order valence-electron chi connectivity index (χ4n) is 3.91. The Hall–Kier alpha value is -1.78. The molecule has 0 spiro atoms. The molecule has 1 rings (SSSR count). The van der Waals surface area contributed by atoms with Crippen molar-refractivity contribution in [3.63, 3.8) is 0 Å². The molecule has 0 fully saturated rings. The first-order valence-corrected chi connectivity index (χ1v) is 12.0. The van der Waals surface area contributed by atoms with Crippen molar-refractivity contribution in [2.75, 3.05) is 0 Å². The molecule has 6 heteroatoms. The molecule has 32 heavy (non-hydrogen) atoms. The van der Waals surface area contributed by atoms with Gasteiger partial charge in [0.15, 0.2) is 0 Å². The lowest BCUT2D eigenvalue weighted by Crippen LogP contribution is -2.25. The lowest BCUT2D eigenvalue weighted by Gasteiger charge is -2.26. The van der Waals surface area contributed by atoms with E-state index in [0.717, 1.165) is 31.3 Å². The summed E-state index contributed by atoms with van der Waals surface area (Å²) in [6.07, 6.45) is 5.84. The molecule has 0 saturated heterocycles. The molecule has 4 atom stereocenters. The third-order valence-electron chi connectivity index (χ3n) is 5.42. The molecule has 0 aliphatic carbocycles. The Balaban J connectivity index is 2.66. The van der Waals surface area contributed by atoms with Crippen molar-refractivity contribution in [3.05, 3.63) is 58.6 Å². The molecule has 0 bridgehead atoms. The van der Waals surface area contributed by atoms with E-state index in [0.29, 0.717) is 18.8 Å². The van der Waals surface area contributed by atoms with Crippen molar-refractivity contribution in [1.82, 2.24) is 0 Å². The molecular formula is C26H36Cl2O4. The van der Waals surface area contributed by atoms with Gasteiger partial charge in [0.05, 0.1) is 0 Å². The molecule has 0 aliphatic heterocycles. The molecule has 0 aromatic heterocycles. The Morgan fingerprint density at radius 2 is 1.66 bits per heavy atom. The number of halogens is 2. The SMILES string of the molecule is CC(=O)O[C@H](CC[C@@H](C)C[C@@H](C)[C@H](C/C=C/Cl)OC(C)=O)C/C(=C\Cl)Cc1ccccc1. The zero-order valence-electron chi connectivity index (χ0n) is 19.6. The van der Waals surface area contributed by atoms with Gasteiger partial charge in [0.25, 0.3) is 0 Å². The van der Waals surface area contributed by atoms with Crippen LogP contribution < -0.4 is 0 Å². The van der Waals surface area contributed by atoms with E-state index >= 15 is 0 Å². The molecule has 0 amide bonds. The molecule has 0 heterocycles. The van der Waals surface area contributed by atoms with Crippen LogP contribution in [0.15, 0.2) is 53.1 Å². The van der Waals surface area contributed by atoms with E-state index in [2.05, 4.69) is 26.0 Å². The smallest absolute Gasteiger partial charge is 0.302 e. The number of carbonyl (C=O) groups excluding carboxylic acids is 2. The Labute approximate surface area is 203 Å². The number of carbonyl (C=O) groups is 2. The summed E-state index contributed by atoms with van der Waals surface area (Å²) < 4.78 is 11.1. The summed E-state index contributed by atoms with van der Waals surface area (Å²) in [5.74, 6) is -0.0115. The highest BCUT2D eigenvalue weighted by Gasteiger charge is 2.23. The van der Waals surface area contributed by atoms with E-state index in [-0.39, 0.29) is 30.1 Å². The quantitative estimate of drug-likeness (QED) is 0.263. The molecular weight excluding hydrogens is 447 g/mol. The van der Waals surface area contributed by atoms with Crippen LogP contribution in [0.3, 0.4) is 0 Å². The largest absolute Gasteiger partial charge is 0.462 e. The fourth-order valence-corrected chi connectivity index (χ4v) is 4.18. The molecule has 0 saturated carbocycles. The summed E-state index contributed by atoms with van der Waals surface area (Å²) in [5, 5.41) is 0. The van der Waals surface area contributed by atoms with Gasteiger partial charge in [0.1, 0.15) is 12.2 Å². The number of rotatable bonds is 14. The Morgan fingerprint density at radius 3 is 2.22 bits per heavy atom. The predicted octanol–water partition coefficient (Wildman–Crippen LogP) is 7.19. The van der Waals surface area contributed by atoms with Gasteiger partial charge in [-0.25, -0.2) is 0 Å². The van der Waals surface area contributed by atoms with Crippen molar-refractivity contribution in [2.45, 2.75) is 78.4 Å². The second-order valence-electron chi connectivity index (χ2n) is 8.51. The highest BCUT2D eigenvalue weighted by molar-refractivity contribution is 6.25. The molecule has 0 aliphatic rings. The van der Waals surface area contributed by atoms with E-state index in [1.54, 1.807) is 11.6 Å². The molecule has 0 N–H and O–H groups in total. The van der Waals surface area contributed by atoms with Gasteiger partial charge in [-0.1, -0.05) is 79.0 Å². The fraction of sp³-hybridized carbons (Fsp3) is 0.538. The second kappa shape index (κ2) is 15.9. The number of hydrogen-bond donors (Lipinski definition) is 0. The Kier molecular flexibility index (Phi) is 14.1. The molecule has 178 valence electrons. The van der Waals surface area contributed by atoms with Crippen LogP contribution in [-0.4, -0.2) is 24.1 Å². The third kappa shape index (κ3) is 12.3. The standard InChI is InChI=1S/C26H36Cl2O4/c1-19(15-20(2)26(11-8-14-27)32-22(4)30)12-13-25(31-21(3)29)17-24(18-28)16-23-9-6-5-7-10-23/h5-10,14,18-20,25-26H,11-13,15-17H2,1-4H3/b14-8+,24-18-/t19-,20-,25-,26+/m1/s1. The van der Waals surface area contributed by atoms with Crippen LogP contribution in [0.4, 0.5) is 0 Å². The van der Waals surface area contributed by atoms with Gasteiger partial charge in [0, 0.05) is 37.8 Å². The van der Waals surface area contributed by atoms with Crippen LogP contribution >= 0.6 is 23.2 Å². The van der Waals surface area contributed by atoms with Crippen LogP contribution in [0, 0.1) is 11.8 Å². The van der Waals surface area contributed by atoms with Crippen LogP contribution in [-0.2, 0) is 25.5 Å². The first-order valence-electron chi connectivity index (χ1n) is 11.2. The van der Waals surface area contributed by atoms with Gasteiger partial charge < -0.3 is 9.47 Å². The Morgan fingerprint density at radius 1 is 1.00 bits per heavy atom.